The number of carboxylic acid groups (broad SMARTS) is 1. The summed E-state index contributed by atoms with van der Waals surface area (Å²) in [4.78, 5) is 25.3. The van der Waals surface area contributed by atoms with Crippen molar-refractivity contribution in [2.45, 2.75) is 18.9 Å². The molecule has 5 nitrogen and oxygen atoms in total. The molecule has 1 aromatic rings. The van der Waals surface area contributed by atoms with Crippen LogP contribution in [0.2, 0.25) is 0 Å². The van der Waals surface area contributed by atoms with Crippen molar-refractivity contribution < 1.29 is 19.4 Å². The molecule has 0 unspecified atom stereocenters. The van der Waals surface area contributed by atoms with Gasteiger partial charge in [0, 0.05) is 11.0 Å². The van der Waals surface area contributed by atoms with E-state index in [1.54, 1.807) is 4.90 Å². The summed E-state index contributed by atoms with van der Waals surface area (Å²) >= 11 is 3.38. The number of benzene rings is 1. The minimum atomic E-state index is -1.17. The molecule has 112 valence electrons. The molecule has 1 heterocycles. The number of carbonyl (C=O) groups is 2. The summed E-state index contributed by atoms with van der Waals surface area (Å²) < 4.78 is 6.71. The minimum Gasteiger partial charge on any atom is -0.480 e. The monoisotopic (exact) mass is 353 g/mol. The van der Waals surface area contributed by atoms with Crippen LogP contribution in [0.25, 0.3) is 0 Å². The Bertz CT molecular complexity index is 568. The Morgan fingerprint density at radius 3 is 2.52 bits per heavy atom. The highest BCUT2D eigenvalue weighted by atomic mass is 79.9. The molecule has 1 saturated carbocycles. The number of morpholine rings is 1. The number of carboxylic acids is 1. The van der Waals surface area contributed by atoms with Gasteiger partial charge >= 0.3 is 5.97 Å². The van der Waals surface area contributed by atoms with Crippen LogP contribution >= 0.6 is 15.9 Å². The maximum absolute atomic E-state index is 12.4. The third-order valence-corrected chi connectivity index (χ3v) is 4.69. The second kappa shape index (κ2) is 5.42. The summed E-state index contributed by atoms with van der Waals surface area (Å²) in [7, 11) is 0. The van der Waals surface area contributed by atoms with E-state index in [0.717, 1.165) is 10.0 Å². The highest BCUT2D eigenvalue weighted by Crippen LogP contribution is 2.48. The van der Waals surface area contributed by atoms with E-state index in [2.05, 4.69) is 15.9 Å². The smallest absolute Gasteiger partial charge is 0.319 e. The van der Waals surface area contributed by atoms with Gasteiger partial charge in [-0.1, -0.05) is 28.1 Å². The number of halogens is 1. The Kier molecular flexibility index (Phi) is 3.75. The Morgan fingerprint density at radius 2 is 1.95 bits per heavy atom. The molecule has 1 N–H and O–H groups in total. The molecule has 2 aliphatic rings. The van der Waals surface area contributed by atoms with E-state index in [0.29, 0.717) is 32.5 Å². The lowest BCUT2D eigenvalue weighted by molar-refractivity contribution is -0.157. The van der Waals surface area contributed by atoms with Gasteiger partial charge in [0.15, 0.2) is 0 Å². The second-order valence-electron chi connectivity index (χ2n) is 5.55. The molecule has 2 fully saturated rings. The first-order valence-electron chi connectivity index (χ1n) is 6.93. The molecule has 1 saturated heterocycles. The summed E-state index contributed by atoms with van der Waals surface area (Å²) in [6.45, 7) is 1.30. The van der Waals surface area contributed by atoms with E-state index >= 15 is 0 Å². The molecular formula is C15H16BrNO4. The van der Waals surface area contributed by atoms with Crippen molar-refractivity contribution in [3.63, 3.8) is 0 Å². The van der Waals surface area contributed by atoms with Crippen LogP contribution in [0.15, 0.2) is 28.7 Å². The van der Waals surface area contributed by atoms with E-state index in [9.17, 15) is 14.7 Å². The van der Waals surface area contributed by atoms with Gasteiger partial charge in [0.25, 0.3) is 0 Å². The fraction of sp³-hybridized carbons (Fsp3) is 0.467. The zero-order chi connectivity index (χ0) is 15.0. The predicted octanol–water partition coefficient (Wildman–Crippen LogP) is 2.21. The molecule has 6 heteroatoms. The van der Waals surface area contributed by atoms with Crippen LogP contribution in [0.5, 0.6) is 0 Å². The number of ether oxygens (including phenoxy) is 1. The van der Waals surface area contributed by atoms with Crippen LogP contribution in [0.1, 0.15) is 24.5 Å². The molecular weight excluding hydrogens is 338 g/mol. The van der Waals surface area contributed by atoms with Crippen LogP contribution in [-0.4, -0.2) is 41.6 Å². The largest absolute Gasteiger partial charge is 0.480 e. The number of nitrogens with zero attached hydrogens (tertiary/aromatic N) is 1. The fourth-order valence-electron chi connectivity index (χ4n) is 2.66. The van der Waals surface area contributed by atoms with Gasteiger partial charge in [-0.25, -0.2) is 0 Å². The Hall–Kier alpha value is -1.40. The van der Waals surface area contributed by atoms with Crippen molar-refractivity contribution in [2.75, 3.05) is 19.7 Å². The average Bonchev–Trinajstić information content (AvgIpc) is 3.29. The summed E-state index contributed by atoms with van der Waals surface area (Å²) in [6, 6.07) is 7.76. The first-order chi connectivity index (χ1) is 10.0. The molecule has 0 spiro atoms. The van der Waals surface area contributed by atoms with Gasteiger partial charge in [0.05, 0.1) is 13.2 Å². The third kappa shape index (κ3) is 2.70. The average molecular weight is 354 g/mol. The molecule has 3 rings (SSSR count). The normalized spacial score (nSPS) is 23.7. The van der Waals surface area contributed by atoms with Gasteiger partial charge in [-0.2, -0.15) is 0 Å². The molecule has 1 aliphatic heterocycles. The molecule has 1 aliphatic carbocycles. The van der Waals surface area contributed by atoms with Gasteiger partial charge in [-0.15, -0.1) is 0 Å². The maximum Gasteiger partial charge on any atom is 0.319 e. The van der Waals surface area contributed by atoms with Gasteiger partial charge in [-0.3, -0.25) is 9.59 Å². The number of hydrogen-bond acceptors (Lipinski definition) is 3. The van der Waals surface area contributed by atoms with Gasteiger partial charge in [-0.05, 0) is 30.5 Å². The fourth-order valence-corrected chi connectivity index (χ4v) is 2.92. The molecule has 21 heavy (non-hydrogen) atoms. The standard InChI is InChI=1S/C15H16BrNO4/c16-11-3-1-10(2-4-11)12-9-17(7-8-21-12)13(18)15(5-6-15)14(19)20/h1-4,12H,5-9H2,(H,19,20)/t12-/m0/s1. The van der Waals surface area contributed by atoms with Crippen LogP contribution in [0, 0.1) is 5.41 Å². The second-order valence-corrected chi connectivity index (χ2v) is 6.47. The molecule has 1 aromatic carbocycles. The lowest BCUT2D eigenvalue weighted by Gasteiger charge is -2.34. The number of aliphatic carboxylic acids is 1. The zero-order valence-electron chi connectivity index (χ0n) is 11.4. The maximum atomic E-state index is 12.4. The molecule has 1 atom stereocenters. The van der Waals surface area contributed by atoms with Crippen molar-refractivity contribution in [3.8, 4) is 0 Å². The predicted molar refractivity (Wildman–Crippen MR) is 78.7 cm³/mol. The van der Waals surface area contributed by atoms with Crippen LogP contribution in [-0.2, 0) is 14.3 Å². The van der Waals surface area contributed by atoms with Crippen molar-refractivity contribution in [1.82, 2.24) is 4.90 Å². The molecule has 0 aromatic heterocycles. The van der Waals surface area contributed by atoms with Crippen molar-refractivity contribution in [2.24, 2.45) is 5.41 Å². The number of carbonyl (C=O) groups excluding carboxylic acids is 1. The lowest BCUT2D eigenvalue weighted by atomic mass is 10.0. The van der Waals surface area contributed by atoms with Crippen LogP contribution in [0.3, 0.4) is 0 Å². The van der Waals surface area contributed by atoms with Crippen LogP contribution < -0.4 is 0 Å². The lowest BCUT2D eigenvalue weighted by Crippen LogP contribution is -2.47. The Morgan fingerprint density at radius 1 is 1.29 bits per heavy atom. The first kappa shape index (κ1) is 14.5. The summed E-state index contributed by atoms with van der Waals surface area (Å²) in [6.07, 6.45) is 0.698. The molecule has 0 bridgehead atoms. The van der Waals surface area contributed by atoms with Crippen molar-refractivity contribution >= 4 is 27.8 Å². The van der Waals surface area contributed by atoms with Gasteiger partial charge < -0.3 is 14.7 Å². The Labute approximate surface area is 131 Å². The van der Waals surface area contributed by atoms with E-state index in [-0.39, 0.29) is 12.0 Å². The van der Waals surface area contributed by atoms with Crippen molar-refractivity contribution in [1.29, 1.82) is 0 Å². The van der Waals surface area contributed by atoms with Crippen molar-refractivity contribution in [3.05, 3.63) is 34.3 Å². The van der Waals surface area contributed by atoms with E-state index in [4.69, 9.17) is 4.74 Å². The third-order valence-electron chi connectivity index (χ3n) is 4.16. The van der Waals surface area contributed by atoms with E-state index in [1.165, 1.54) is 0 Å². The highest BCUT2D eigenvalue weighted by Gasteiger charge is 2.58. The van der Waals surface area contributed by atoms with E-state index < -0.39 is 11.4 Å². The summed E-state index contributed by atoms with van der Waals surface area (Å²) in [5.74, 6) is -1.26. The summed E-state index contributed by atoms with van der Waals surface area (Å²) in [5.41, 5.74) is -0.169. The molecule has 0 radical (unpaired) electrons. The van der Waals surface area contributed by atoms with E-state index in [1.807, 2.05) is 24.3 Å². The minimum absolute atomic E-state index is 0.194. The number of amides is 1. The molecule has 1 amide bonds. The summed E-state index contributed by atoms with van der Waals surface area (Å²) in [5, 5.41) is 9.23. The highest BCUT2D eigenvalue weighted by molar-refractivity contribution is 9.10. The Balaban J connectivity index is 1.73. The van der Waals surface area contributed by atoms with Gasteiger partial charge in [0.1, 0.15) is 11.5 Å². The SMILES string of the molecule is O=C(O)C1(C(=O)N2CCO[C@H](c3ccc(Br)cc3)C2)CC1. The quantitative estimate of drug-likeness (QED) is 0.846. The van der Waals surface area contributed by atoms with Crippen LogP contribution in [0.4, 0.5) is 0 Å². The topological polar surface area (TPSA) is 66.8 Å². The number of hydrogen-bond donors (Lipinski definition) is 1. The first-order valence-corrected chi connectivity index (χ1v) is 7.72. The van der Waals surface area contributed by atoms with Gasteiger partial charge in [0.2, 0.25) is 5.91 Å². The zero-order valence-corrected chi connectivity index (χ0v) is 13.0. The number of rotatable bonds is 3.